The van der Waals surface area contributed by atoms with Crippen LogP contribution in [0.5, 0.6) is 0 Å². The van der Waals surface area contributed by atoms with Gasteiger partial charge in [-0.1, -0.05) is 5.21 Å². The fourth-order valence-corrected chi connectivity index (χ4v) is 2.81. The second-order valence-corrected chi connectivity index (χ2v) is 6.79. The van der Waals surface area contributed by atoms with Crippen molar-refractivity contribution in [2.75, 3.05) is 24.6 Å². The first-order valence-electron chi connectivity index (χ1n) is 6.27. The molecule has 0 bridgehead atoms. The first-order valence-corrected chi connectivity index (χ1v) is 7.43. The van der Waals surface area contributed by atoms with Gasteiger partial charge in [-0.15, -0.1) is 5.10 Å². The van der Waals surface area contributed by atoms with Crippen LogP contribution in [0.4, 0.5) is 0 Å². The van der Waals surface area contributed by atoms with Crippen LogP contribution in [-0.4, -0.2) is 44.5 Å². The monoisotopic (exact) mass is 254 g/mol. The predicted molar refractivity (Wildman–Crippen MR) is 72.2 cm³/mol. The smallest absolute Gasteiger partial charge is 0.0967 e. The minimum absolute atomic E-state index is 0.0277. The van der Waals surface area contributed by atoms with Gasteiger partial charge in [0.05, 0.1) is 17.4 Å². The van der Waals surface area contributed by atoms with Crippen molar-refractivity contribution in [3.8, 4) is 0 Å². The van der Waals surface area contributed by atoms with Gasteiger partial charge < -0.3 is 0 Å². The lowest BCUT2D eigenvalue weighted by atomic mass is 10.1. The average molecular weight is 254 g/mol. The summed E-state index contributed by atoms with van der Waals surface area (Å²) in [5.41, 5.74) is 1.12. The molecule has 0 amide bonds. The topological polar surface area (TPSA) is 34.0 Å². The number of thioether (sulfide) groups is 1. The number of rotatable bonds is 2. The molecule has 1 aliphatic rings. The Morgan fingerprint density at radius 1 is 1.29 bits per heavy atom. The molecule has 1 fully saturated rings. The van der Waals surface area contributed by atoms with Crippen LogP contribution in [0.3, 0.4) is 0 Å². The maximum absolute atomic E-state index is 4.27. The third-order valence-corrected chi connectivity index (χ3v) is 3.98. The molecule has 0 N–H and O–H groups in total. The van der Waals surface area contributed by atoms with Crippen LogP contribution in [0.1, 0.15) is 32.9 Å². The highest BCUT2D eigenvalue weighted by atomic mass is 32.2. The summed E-state index contributed by atoms with van der Waals surface area (Å²) in [6.07, 6.45) is 3.37. The number of hydrogen-bond donors (Lipinski definition) is 0. The van der Waals surface area contributed by atoms with Gasteiger partial charge in [-0.2, -0.15) is 11.8 Å². The number of hydrogen-bond acceptors (Lipinski definition) is 4. The summed E-state index contributed by atoms with van der Waals surface area (Å²) in [6.45, 7) is 9.75. The highest BCUT2D eigenvalue weighted by molar-refractivity contribution is 7.99. The molecule has 17 heavy (non-hydrogen) atoms. The zero-order valence-electron chi connectivity index (χ0n) is 11.0. The van der Waals surface area contributed by atoms with E-state index in [1.54, 1.807) is 0 Å². The van der Waals surface area contributed by atoms with Gasteiger partial charge in [0.25, 0.3) is 0 Å². The van der Waals surface area contributed by atoms with E-state index < -0.39 is 0 Å². The zero-order chi connectivity index (χ0) is 12.3. The Balaban J connectivity index is 1.96. The lowest BCUT2D eigenvalue weighted by Gasteiger charge is -2.18. The molecule has 0 aliphatic carbocycles. The van der Waals surface area contributed by atoms with E-state index in [1.807, 2.05) is 4.68 Å². The normalized spacial score (nSPS) is 19.2. The Hall–Kier alpha value is -0.550. The first kappa shape index (κ1) is 12.9. The molecule has 96 valence electrons. The van der Waals surface area contributed by atoms with E-state index in [0.29, 0.717) is 0 Å². The molecule has 2 rings (SSSR count). The molecule has 0 saturated carbocycles. The van der Waals surface area contributed by atoms with Crippen molar-refractivity contribution in [2.24, 2.45) is 0 Å². The molecule has 0 spiro atoms. The molecule has 1 aromatic rings. The van der Waals surface area contributed by atoms with Gasteiger partial charge >= 0.3 is 0 Å². The van der Waals surface area contributed by atoms with Crippen LogP contribution >= 0.6 is 11.8 Å². The SMILES string of the molecule is CC(C)(C)n1cc(CN2CCCSCC2)nn1. The third kappa shape index (κ3) is 3.71. The van der Waals surface area contributed by atoms with Gasteiger partial charge in [-0.3, -0.25) is 4.90 Å². The van der Waals surface area contributed by atoms with Gasteiger partial charge in [0, 0.05) is 18.8 Å². The Kier molecular flexibility index (Phi) is 4.09. The van der Waals surface area contributed by atoms with Gasteiger partial charge in [0.2, 0.25) is 0 Å². The molecule has 1 aromatic heterocycles. The van der Waals surface area contributed by atoms with E-state index in [0.717, 1.165) is 12.2 Å². The zero-order valence-corrected chi connectivity index (χ0v) is 11.8. The second-order valence-electron chi connectivity index (χ2n) is 5.57. The van der Waals surface area contributed by atoms with Gasteiger partial charge in [-0.05, 0) is 39.5 Å². The molecule has 2 heterocycles. The Labute approximate surface area is 108 Å². The van der Waals surface area contributed by atoms with Crippen molar-refractivity contribution in [3.63, 3.8) is 0 Å². The van der Waals surface area contributed by atoms with Crippen molar-refractivity contribution in [1.29, 1.82) is 0 Å². The Morgan fingerprint density at radius 3 is 2.82 bits per heavy atom. The summed E-state index contributed by atoms with van der Waals surface area (Å²) in [5.74, 6) is 2.54. The standard InChI is InChI=1S/C12H22N4S/c1-12(2,3)16-10-11(13-14-16)9-15-5-4-7-17-8-6-15/h10H,4-9H2,1-3H3. The number of aromatic nitrogens is 3. The van der Waals surface area contributed by atoms with Gasteiger partial charge in [-0.25, -0.2) is 4.68 Å². The van der Waals surface area contributed by atoms with Crippen molar-refractivity contribution in [3.05, 3.63) is 11.9 Å². The maximum atomic E-state index is 4.27. The summed E-state index contributed by atoms with van der Waals surface area (Å²) >= 11 is 2.06. The molecule has 5 heteroatoms. The van der Waals surface area contributed by atoms with Crippen LogP contribution in [0.2, 0.25) is 0 Å². The predicted octanol–water partition coefficient (Wildman–Crippen LogP) is 1.97. The molecular formula is C12H22N4S. The second kappa shape index (κ2) is 5.40. The van der Waals surface area contributed by atoms with E-state index in [2.05, 4.69) is 53.9 Å². The summed E-state index contributed by atoms with van der Waals surface area (Å²) < 4.78 is 1.95. The summed E-state index contributed by atoms with van der Waals surface area (Å²) in [4.78, 5) is 2.48. The van der Waals surface area contributed by atoms with Crippen LogP contribution in [-0.2, 0) is 12.1 Å². The maximum Gasteiger partial charge on any atom is 0.0967 e. The minimum Gasteiger partial charge on any atom is -0.297 e. The van der Waals surface area contributed by atoms with E-state index in [-0.39, 0.29) is 5.54 Å². The first-order chi connectivity index (χ1) is 8.05. The highest BCUT2D eigenvalue weighted by Gasteiger charge is 2.16. The van der Waals surface area contributed by atoms with Crippen LogP contribution in [0, 0.1) is 0 Å². The van der Waals surface area contributed by atoms with E-state index in [1.165, 1.54) is 31.0 Å². The molecule has 1 saturated heterocycles. The molecular weight excluding hydrogens is 232 g/mol. The lowest BCUT2D eigenvalue weighted by Crippen LogP contribution is -2.25. The van der Waals surface area contributed by atoms with Crippen LogP contribution in [0.25, 0.3) is 0 Å². The Bertz CT molecular complexity index is 348. The minimum atomic E-state index is 0.0277. The van der Waals surface area contributed by atoms with Crippen molar-refractivity contribution >= 4 is 11.8 Å². The summed E-state index contributed by atoms with van der Waals surface area (Å²) in [7, 11) is 0. The lowest BCUT2D eigenvalue weighted by molar-refractivity contribution is 0.284. The number of nitrogens with zero attached hydrogens (tertiary/aromatic N) is 4. The van der Waals surface area contributed by atoms with Crippen LogP contribution < -0.4 is 0 Å². The van der Waals surface area contributed by atoms with Crippen LogP contribution in [0.15, 0.2) is 6.20 Å². The molecule has 4 nitrogen and oxygen atoms in total. The van der Waals surface area contributed by atoms with E-state index >= 15 is 0 Å². The van der Waals surface area contributed by atoms with Gasteiger partial charge in [0.15, 0.2) is 0 Å². The van der Waals surface area contributed by atoms with Crippen molar-refractivity contribution in [1.82, 2.24) is 19.9 Å². The third-order valence-electron chi connectivity index (χ3n) is 2.93. The molecule has 0 aromatic carbocycles. The largest absolute Gasteiger partial charge is 0.297 e. The summed E-state index contributed by atoms with van der Waals surface area (Å²) in [6, 6.07) is 0. The average Bonchev–Trinajstić information content (AvgIpc) is 2.56. The Morgan fingerprint density at radius 2 is 2.12 bits per heavy atom. The molecule has 1 aliphatic heterocycles. The quantitative estimate of drug-likeness (QED) is 0.808. The fraction of sp³-hybridized carbons (Fsp3) is 0.833. The van der Waals surface area contributed by atoms with Gasteiger partial charge in [0.1, 0.15) is 0 Å². The molecule has 0 radical (unpaired) electrons. The highest BCUT2D eigenvalue weighted by Crippen LogP contribution is 2.14. The van der Waals surface area contributed by atoms with E-state index in [9.17, 15) is 0 Å². The van der Waals surface area contributed by atoms with E-state index in [4.69, 9.17) is 0 Å². The van der Waals surface area contributed by atoms with Crippen molar-refractivity contribution in [2.45, 2.75) is 39.3 Å². The summed E-state index contributed by atoms with van der Waals surface area (Å²) in [5, 5.41) is 8.48. The molecule has 0 unspecified atom stereocenters. The molecule has 0 atom stereocenters. The fourth-order valence-electron chi connectivity index (χ4n) is 1.88. The van der Waals surface area contributed by atoms with Crippen molar-refractivity contribution < 1.29 is 0 Å².